The first-order chi connectivity index (χ1) is 14.5. The Hall–Kier alpha value is -2.54. The monoisotopic (exact) mass is 506 g/mol. The third-order valence-corrected chi connectivity index (χ3v) is 5.41. The molecule has 3 aromatic rings. The van der Waals surface area contributed by atoms with Gasteiger partial charge in [0.05, 0.1) is 13.3 Å². The first-order valence-electron chi connectivity index (χ1n) is 8.80. The number of hydrogen-bond acceptors (Lipinski definition) is 4. The molecule has 154 valence electrons. The first kappa shape index (κ1) is 22.2. The Kier molecular flexibility index (Phi) is 7.74. The number of rotatable bonds is 7. The van der Waals surface area contributed by atoms with E-state index in [1.165, 1.54) is 6.21 Å². The zero-order chi connectivity index (χ0) is 21.5. The number of amides is 1. The number of benzene rings is 3. The van der Waals surface area contributed by atoms with E-state index in [9.17, 15) is 4.79 Å². The fraction of sp³-hybridized carbons (Fsp3) is 0.0909. The minimum absolute atomic E-state index is 0.293. The number of hydrogen-bond donors (Lipinski definition) is 1. The van der Waals surface area contributed by atoms with Gasteiger partial charge in [-0.1, -0.05) is 45.2 Å². The van der Waals surface area contributed by atoms with Crippen LogP contribution in [0.5, 0.6) is 11.5 Å². The Morgan fingerprint density at radius 2 is 1.80 bits per heavy atom. The van der Waals surface area contributed by atoms with Gasteiger partial charge in [0.2, 0.25) is 0 Å². The highest BCUT2D eigenvalue weighted by atomic mass is 79.9. The second-order valence-electron chi connectivity index (χ2n) is 6.14. The summed E-state index contributed by atoms with van der Waals surface area (Å²) in [6, 6.07) is 17.4. The molecule has 0 aliphatic rings. The molecule has 3 aromatic carbocycles. The lowest BCUT2D eigenvalue weighted by Crippen LogP contribution is -2.17. The normalized spacial score (nSPS) is 10.8. The van der Waals surface area contributed by atoms with Gasteiger partial charge in [0, 0.05) is 31.2 Å². The number of ether oxygens (including phenoxy) is 2. The summed E-state index contributed by atoms with van der Waals surface area (Å²) in [5.74, 6) is 0.973. The van der Waals surface area contributed by atoms with Gasteiger partial charge >= 0.3 is 0 Å². The summed E-state index contributed by atoms with van der Waals surface area (Å²) in [5.41, 5.74) is 4.55. The molecule has 0 atom stereocenters. The van der Waals surface area contributed by atoms with E-state index in [0.29, 0.717) is 33.7 Å². The standard InChI is InChI=1S/C22H17BrCl2N2O3/c1-29-19-8-9-20(23)16(10-19)12-26-27-22(28)14-3-6-18(7-4-14)30-13-15-2-5-17(24)11-21(15)25/h2-12H,13H2,1H3,(H,27,28)/b26-12+. The second-order valence-corrected chi connectivity index (χ2v) is 7.83. The van der Waals surface area contributed by atoms with Crippen molar-refractivity contribution in [2.24, 2.45) is 5.10 Å². The number of hydrazone groups is 1. The molecule has 1 N–H and O–H groups in total. The van der Waals surface area contributed by atoms with Gasteiger partial charge in [-0.15, -0.1) is 0 Å². The van der Waals surface area contributed by atoms with Crippen molar-refractivity contribution in [3.8, 4) is 11.5 Å². The summed E-state index contributed by atoms with van der Waals surface area (Å²) in [7, 11) is 1.59. The van der Waals surface area contributed by atoms with Crippen LogP contribution in [0.2, 0.25) is 10.0 Å². The quantitative estimate of drug-likeness (QED) is 0.310. The van der Waals surface area contributed by atoms with Crippen LogP contribution in [0.3, 0.4) is 0 Å². The Labute approximate surface area is 192 Å². The van der Waals surface area contributed by atoms with E-state index in [4.69, 9.17) is 32.7 Å². The molecule has 0 bridgehead atoms. The van der Waals surface area contributed by atoms with Crippen molar-refractivity contribution < 1.29 is 14.3 Å². The van der Waals surface area contributed by atoms with Crippen LogP contribution in [0.25, 0.3) is 0 Å². The van der Waals surface area contributed by atoms with Crippen molar-refractivity contribution in [3.05, 3.63) is 91.9 Å². The number of nitrogens with one attached hydrogen (secondary N) is 1. The Bertz CT molecular complexity index is 1070. The average Bonchev–Trinajstić information content (AvgIpc) is 2.74. The van der Waals surface area contributed by atoms with Crippen molar-refractivity contribution in [2.45, 2.75) is 6.61 Å². The molecular formula is C22H17BrCl2N2O3. The fourth-order valence-electron chi connectivity index (χ4n) is 2.48. The number of nitrogens with zero attached hydrogens (tertiary/aromatic N) is 1. The van der Waals surface area contributed by atoms with Crippen LogP contribution in [0.15, 0.2) is 70.2 Å². The molecule has 0 unspecified atom stereocenters. The molecule has 8 heteroatoms. The van der Waals surface area contributed by atoms with Crippen LogP contribution in [-0.4, -0.2) is 19.2 Å². The number of methoxy groups -OCH3 is 1. The van der Waals surface area contributed by atoms with Gasteiger partial charge < -0.3 is 9.47 Å². The van der Waals surface area contributed by atoms with Crippen LogP contribution < -0.4 is 14.9 Å². The summed E-state index contributed by atoms with van der Waals surface area (Å²) in [4.78, 5) is 12.3. The highest BCUT2D eigenvalue weighted by Crippen LogP contribution is 2.23. The maximum atomic E-state index is 12.3. The highest BCUT2D eigenvalue weighted by molar-refractivity contribution is 9.10. The predicted molar refractivity (Wildman–Crippen MR) is 123 cm³/mol. The van der Waals surface area contributed by atoms with Crippen LogP contribution in [0.4, 0.5) is 0 Å². The molecule has 1 amide bonds. The zero-order valence-corrected chi connectivity index (χ0v) is 19.0. The SMILES string of the molecule is COc1ccc(Br)c(/C=N/NC(=O)c2ccc(OCc3ccc(Cl)cc3Cl)cc2)c1. The number of carbonyl (C=O) groups excluding carboxylic acids is 1. The molecule has 0 fully saturated rings. The van der Waals surface area contributed by atoms with Gasteiger partial charge in [-0.2, -0.15) is 5.10 Å². The molecule has 5 nitrogen and oxygen atoms in total. The molecule has 0 aliphatic carbocycles. The van der Waals surface area contributed by atoms with Crippen molar-refractivity contribution in [3.63, 3.8) is 0 Å². The van der Waals surface area contributed by atoms with Crippen molar-refractivity contribution in [1.29, 1.82) is 0 Å². The van der Waals surface area contributed by atoms with Crippen LogP contribution in [0.1, 0.15) is 21.5 Å². The summed E-state index contributed by atoms with van der Waals surface area (Å²) < 4.78 is 11.7. The Balaban J connectivity index is 1.57. The molecule has 0 aliphatic heterocycles. The lowest BCUT2D eigenvalue weighted by molar-refractivity contribution is 0.0955. The maximum absolute atomic E-state index is 12.3. The summed E-state index contributed by atoms with van der Waals surface area (Å²) in [5, 5.41) is 5.11. The summed E-state index contributed by atoms with van der Waals surface area (Å²) >= 11 is 15.5. The second kappa shape index (κ2) is 10.5. The van der Waals surface area contributed by atoms with Gasteiger partial charge in [-0.3, -0.25) is 4.79 Å². The third kappa shape index (κ3) is 5.98. The zero-order valence-electron chi connectivity index (χ0n) is 15.9. The van der Waals surface area contributed by atoms with E-state index in [-0.39, 0.29) is 5.91 Å². The maximum Gasteiger partial charge on any atom is 0.271 e. The molecule has 0 spiro atoms. The van der Waals surface area contributed by atoms with Crippen LogP contribution >= 0.6 is 39.1 Å². The molecule has 0 saturated heterocycles. The van der Waals surface area contributed by atoms with E-state index in [1.807, 2.05) is 18.2 Å². The van der Waals surface area contributed by atoms with Gasteiger partial charge in [0.1, 0.15) is 18.1 Å². The minimum atomic E-state index is -0.336. The molecule has 0 radical (unpaired) electrons. The smallest absolute Gasteiger partial charge is 0.271 e. The number of carbonyl (C=O) groups is 1. The molecule has 0 heterocycles. The van der Waals surface area contributed by atoms with Crippen molar-refractivity contribution in [1.82, 2.24) is 5.43 Å². The first-order valence-corrected chi connectivity index (χ1v) is 10.3. The Morgan fingerprint density at radius 1 is 1.07 bits per heavy atom. The van der Waals surface area contributed by atoms with Gasteiger partial charge in [0.15, 0.2) is 0 Å². The summed E-state index contributed by atoms with van der Waals surface area (Å²) in [6.07, 6.45) is 1.54. The van der Waals surface area contributed by atoms with Crippen molar-refractivity contribution in [2.75, 3.05) is 7.11 Å². The molecule has 30 heavy (non-hydrogen) atoms. The van der Waals surface area contributed by atoms with E-state index < -0.39 is 0 Å². The van der Waals surface area contributed by atoms with Gasteiger partial charge in [0.25, 0.3) is 5.91 Å². The fourth-order valence-corrected chi connectivity index (χ4v) is 3.29. The third-order valence-electron chi connectivity index (χ3n) is 4.10. The molecule has 3 rings (SSSR count). The lowest BCUT2D eigenvalue weighted by atomic mass is 10.2. The lowest BCUT2D eigenvalue weighted by Gasteiger charge is -2.09. The Morgan fingerprint density at radius 3 is 2.50 bits per heavy atom. The van der Waals surface area contributed by atoms with Crippen LogP contribution in [0, 0.1) is 0 Å². The predicted octanol–water partition coefficient (Wildman–Crippen LogP) is 6.11. The van der Waals surface area contributed by atoms with E-state index in [0.717, 1.165) is 15.6 Å². The van der Waals surface area contributed by atoms with Gasteiger partial charge in [-0.05, 0) is 54.6 Å². The minimum Gasteiger partial charge on any atom is -0.497 e. The topological polar surface area (TPSA) is 59.9 Å². The molecule has 0 aromatic heterocycles. The van der Waals surface area contributed by atoms with E-state index in [1.54, 1.807) is 49.6 Å². The summed E-state index contributed by atoms with van der Waals surface area (Å²) in [6.45, 7) is 0.293. The van der Waals surface area contributed by atoms with Crippen LogP contribution in [-0.2, 0) is 6.61 Å². The average molecular weight is 508 g/mol. The van der Waals surface area contributed by atoms with E-state index in [2.05, 4.69) is 26.5 Å². The van der Waals surface area contributed by atoms with Gasteiger partial charge in [-0.25, -0.2) is 5.43 Å². The van der Waals surface area contributed by atoms with E-state index >= 15 is 0 Å². The number of halogens is 3. The highest BCUT2D eigenvalue weighted by Gasteiger charge is 2.06. The van der Waals surface area contributed by atoms with Crippen molar-refractivity contribution >= 4 is 51.3 Å². The molecular weight excluding hydrogens is 491 g/mol. The molecule has 0 saturated carbocycles. The largest absolute Gasteiger partial charge is 0.497 e.